The molecule has 1 aliphatic carbocycles. The average molecular weight is 409 g/mol. The molecule has 27 heavy (non-hydrogen) atoms. The average Bonchev–Trinajstić information content (AvgIpc) is 2.60. The van der Waals surface area contributed by atoms with Gasteiger partial charge in [0.15, 0.2) is 0 Å². The van der Waals surface area contributed by atoms with Gasteiger partial charge in [0.1, 0.15) is 0 Å². The molecular formula is C21H36N2O2SSi. The third-order valence-electron chi connectivity index (χ3n) is 5.42. The molecule has 1 heterocycles. The molecule has 1 saturated heterocycles. The summed E-state index contributed by atoms with van der Waals surface area (Å²) in [6, 6.07) is 0.817. The minimum absolute atomic E-state index is 0.284. The first-order chi connectivity index (χ1) is 12.7. The van der Waals surface area contributed by atoms with Crippen LogP contribution in [0.25, 0.3) is 0 Å². The first-order valence-corrected chi connectivity index (χ1v) is 15.3. The Morgan fingerprint density at radius 1 is 1.19 bits per heavy atom. The third kappa shape index (κ3) is 6.47. The van der Waals surface area contributed by atoms with E-state index in [1.807, 2.05) is 12.2 Å². The molecule has 0 amide bonds. The first kappa shape index (κ1) is 22.2. The van der Waals surface area contributed by atoms with Gasteiger partial charge in [0.25, 0.3) is 0 Å². The van der Waals surface area contributed by atoms with E-state index in [1.165, 1.54) is 5.57 Å². The van der Waals surface area contributed by atoms with E-state index in [1.54, 1.807) is 4.31 Å². The number of hydrogen-bond donors (Lipinski definition) is 0. The van der Waals surface area contributed by atoms with Crippen molar-refractivity contribution in [2.45, 2.75) is 38.5 Å². The predicted molar refractivity (Wildman–Crippen MR) is 119 cm³/mol. The van der Waals surface area contributed by atoms with Crippen molar-refractivity contribution in [3.63, 3.8) is 0 Å². The maximum Gasteiger partial charge on any atom is 0.214 e. The predicted octanol–water partition coefficient (Wildman–Crippen LogP) is 4.11. The molecule has 0 aromatic carbocycles. The fourth-order valence-corrected chi connectivity index (χ4v) is 8.34. The van der Waals surface area contributed by atoms with Gasteiger partial charge in [0, 0.05) is 40.5 Å². The molecule has 0 N–H and O–H groups in total. The molecule has 0 aromatic rings. The summed E-state index contributed by atoms with van der Waals surface area (Å²) in [4.78, 5) is 2.17. The summed E-state index contributed by atoms with van der Waals surface area (Å²) in [6.45, 7) is 17.0. The number of piperidine rings is 1. The second-order valence-electron chi connectivity index (χ2n) is 8.96. The summed E-state index contributed by atoms with van der Waals surface area (Å²) in [6.07, 6.45) is 12.4. The number of rotatable bonds is 9. The van der Waals surface area contributed by atoms with E-state index < -0.39 is 18.1 Å². The van der Waals surface area contributed by atoms with Crippen LogP contribution in [0.4, 0.5) is 0 Å². The number of nitrogens with zero attached hydrogens (tertiary/aromatic N) is 2. The molecule has 2 aliphatic rings. The van der Waals surface area contributed by atoms with Crippen molar-refractivity contribution in [2.24, 2.45) is 11.8 Å². The van der Waals surface area contributed by atoms with E-state index in [0.717, 1.165) is 32.0 Å². The lowest BCUT2D eigenvalue weighted by Gasteiger charge is -2.41. The van der Waals surface area contributed by atoms with Crippen LogP contribution in [0.2, 0.25) is 25.7 Å². The van der Waals surface area contributed by atoms with Crippen LogP contribution in [0, 0.1) is 11.8 Å². The van der Waals surface area contributed by atoms with Crippen molar-refractivity contribution in [1.29, 1.82) is 0 Å². The van der Waals surface area contributed by atoms with E-state index in [9.17, 15) is 8.42 Å². The zero-order valence-electron chi connectivity index (χ0n) is 17.2. The van der Waals surface area contributed by atoms with Crippen LogP contribution in [0.1, 0.15) is 12.8 Å². The molecule has 2 atom stereocenters. The van der Waals surface area contributed by atoms with Crippen molar-refractivity contribution in [3.05, 3.63) is 49.2 Å². The zero-order valence-corrected chi connectivity index (χ0v) is 19.0. The topological polar surface area (TPSA) is 40.6 Å². The Morgan fingerprint density at radius 3 is 2.41 bits per heavy atom. The van der Waals surface area contributed by atoms with Crippen LogP contribution >= 0.6 is 0 Å². The van der Waals surface area contributed by atoms with Crippen molar-refractivity contribution in [1.82, 2.24) is 9.21 Å². The molecular weight excluding hydrogens is 372 g/mol. The molecule has 0 spiro atoms. The number of hydrogen-bond acceptors (Lipinski definition) is 3. The second-order valence-corrected chi connectivity index (χ2v) is 16.7. The van der Waals surface area contributed by atoms with Crippen molar-refractivity contribution in [2.75, 3.05) is 31.9 Å². The summed E-state index contributed by atoms with van der Waals surface area (Å²) in [5.74, 6) is 1.10. The largest absolute Gasteiger partial charge is 0.370 e. The molecule has 1 aliphatic heterocycles. The van der Waals surface area contributed by atoms with E-state index in [0.29, 0.717) is 24.9 Å². The van der Waals surface area contributed by atoms with Gasteiger partial charge in [0.05, 0.1) is 5.75 Å². The lowest BCUT2D eigenvalue weighted by molar-refractivity contribution is 0.232. The van der Waals surface area contributed by atoms with Crippen molar-refractivity contribution in [3.8, 4) is 0 Å². The van der Waals surface area contributed by atoms with Gasteiger partial charge in [-0.05, 0) is 36.3 Å². The third-order valence-corrected chi connectivity index (χ3v) is 9.31. The molecule has 0 bridgehead atoms. The maximum absolute atomic E-state index is 13.0. The molecule has 4 nitrogen and oxygen atoms in total. The molecule has 0 aromatic heterocycles. The Labute approximate surface area is 167 Å². The highest BCUT2D eigenvalue weighted by molar-refractivity contribution is 7.89. The van der Waals surface area contributed by atoms with Crippen LogP contribution in [-0.2, 0) is 10.0 Å². The Morgan fingerprint density at radius 2 is 1.81 bits per heavy atom. The molecule has 0 unspecified atom stereocenters. The highest BCUT2D eigenvalue weighted by Gasteiger charge is 2.38. The lowest BCUT2D eigenvalue weighted by atomic mass is 9.76. The number of fused-ring (bicyclic) bond motifs is 1. The lowest BCUT2D eigenvalue weighted by Crippen LogP contribution is -2.47. The molecule has 0 saturated carbocycles. The quantitative estimate of drug-likeness (QED) is 0.426. The van der Waals surface area contributed by atoms with Gasteiger partial charge in [-0.3, -0.25) is 0 Å². The van der Waals surface area contributed by atoms with Gasteiger partial charge < -0.3 is 4.90 Å². The standard InChI is InChI=1S/C21H36N2O2SSi/c1-6-12-22(13-7-2)16-20-18-23(17-19-10-8-9-11-21(19)20)26(24,25)14-15-27(3,4)5/h6-9,16,19,21H,1-2,10-15,17-18H2,3-5H3/b20-16+/t19-,21-/m1/s1. The van der Waals surface area contributed by atoms with Crippen molar-refractivity contribution >= 4 is 18.1 Å². The Balaban J connectivity index is 2.25. The van der Waals surface area contributed by atoms with Crippen LogP contribution in [0.3, 0.4) is 0 Å². The van der Waals surface area contributed by atoms with Gasteiger partial charge in [-0.15, -0.1) is 13.2 Å². The second kappa shape index (κ2) is 9.39. The Kier molecular flexibility index (Phi) is 7.71. The summed E-state index contributed by atoms with van der Waals surface area (Å²) in [7, 11) is -4.61. The minimum Gasteiger partial charge on any atom is -0.370 e. The van der Waals surface area contributed by atoms with E-state index in [-0.39, 0.29) is 5.75 Å². The fraction of sp³-hybridized carbons (Fsp3) is 0.619. The molecule has 1 fully saturated rings. The van der Waals surface area contributed by atoms with Crippen LogP contribution < -0.4 is 0 Å². The maximum atomic E-state index is 13.0. The molecule has 0 radical (unpaired) electrons. The van der Waals surface area contributed by atoms with Gasteiger partial charge in [-0.2, -0.15) is 4.31 Å². The highest BCUT2D eigenvalue weighted by atomic mass is 32.2. The van der Waals surface area contributed by atoms with Gasteiger partial charge in [-0.25, -0.2) is 8.42 Å². The molecule has 2 rings (SSSR count). The first-order valence-electron chi connectivity index (χ1n) is 9.95. The minimum atomic E-state index is -3.22. The normalized spacial score (nSPS) is 25.2. The van der Waals surface area contributed by atoms with Crippen LogP contribution in [-0.4, -0.2) is 57.6 Å². The van der Waals surface area contributed by atoms with Gasteiger partial charge in [0.2, 0.25) is 10.0 Å². The summed E-state index contributed by atoms with van der Waals surface area (Å²) < 4.78 is 27.8. The highest BCUT2D eigenvalue weighted by Crippen LogP contribution is 2.37. The molecule has 6 heteroatoms. The summed E-state index contributed by atoms with van der Waals surface area (Å²) in [5.41, 5.74) is 1.23. The van der Waals surface area contributed by atoms with E-state index >= 15 is 0 Å². The monoisotopic (exact) mass is 408 g/mol. The van der Waals surface area contributed by atoms with Gasteiger partial charge >= 0.3 is 0 Å². The number of allylic oxidation sites excluding steroid dienone is 2. The van der Waals surface area contributed by atoms with E-state index in [4.69, 9.17) is 0 Å². The summed E-state index contributed by atoms with van der Waals surface area (Å²) >= 11 is 0. The molecule has 152 valence electrons. The van der Waals surface area contributed by atoms with E-state index in [2.05, 4.69) is 56.1 Å². The number of sulfonamides is 1. The van der Waals surface area contributed by atoms with Crippen molar-refractivity contribution < 1.29 is 8.42 Å². The van der Waals surface area contributed by atoms with Crippen LogP contribution in [0.15, 0.2) is 49.2 Å². The summed E-state index contributed by atoms with van der Waals surface area (Å²) in [5, 5.41) is 0. The Bertz CT molecular complexity index is 681. The zero-order chi connectivity index (χ0) is 20.1. The van der Waals surface area contributed by atoms with Gasteiger partial charge in [-0.1, -0.05) is 43.9 Å². The fourth-order valence-electron chi connectivity index (χ4n) is 3.83. The smallest absolute Gasteiger partial charge is 0.214 e. The van der Waals surface area contributed by atoms with Crippen LogP contribution in [0.5, 0.6) is 0 Å². The Hall–Kier alpha value is -1.11. The SMILES string of the molecule is C=CCN(/C=C1\CN(S(=O)(=O)CC[Si](C)(C)C)C[C@H]2CC=CC[C@@H]12)CC=C.